The number of fused-ring (bicyclic) bond motifs is 2. The summed E-state index contributed by atoms with van der Waals surface area (Å²) in [7, 11) is 0. The van der Waals surface area contributed by atoms with Gasteiger partial charge < -0.3 is 10.4 Å². The lowest BCUT2D eigenvalue weighted by atomic mass is 10.2. The third kappa shape index (κ3) is 2.78. The van der Waals surface area contributed by atoms with Crippen molar-refractivity contribution in [2.75, 3.05) is 5.32 Å². The summed E-state index contributed by atoms with van der Waals surface area (Å²) in [6.45, 7) is 0. The second-order valence-electron chi connectivity index (χ2n) is 4.97. The van der Waals surface area contributed by atoms with Crippen molar-refractivity contribution in [1.82, 2.24) is 9.71 Å². The van der Waals surface area contributed by atoms with Crippen LogP contribution in [0.2, 0.25) is 5.02 Å². The molecule has 23 heavy (non-hydrogen) atoms. The number of nitrogens with zero attached hydrogens (tertiary/aromatic N) is 2. The molecule has 0 unspecified atom stereocenters. The first-order chi connectivity index (χ1) is 11.2. The fraction of sp³-hybridized carbons (Fsp3) is 0. The Labute approximate surface area is 141 Å². The Morgan fingerprint density at radius 2 is 2.09 bits per heavy atom. The average Bonchev–Trinajstić information content (AvgIpc) is 2.55. The lowest BCUT2D eigenvalue weighted by Gasteiger charge is -2.18. The molecule has 0 amide bonds. The van der Waals surface area contributed by atoms with Gasteiger partial charge in [-0.2, -0.15) is 0 Å². The SMILES string of the molecule is Oc1cc(Cl)cc2c1N=C(Nc1ccc3ncccc3c1)NS2. The van der Waals surface area contributed by atoms with Gasteiger partial charge in [0.05, 0.1) is 10.4 Å². The molecule has 1 aliphatic rings. The molecule has 5 nitrogen and oxygen atoms in total. The van der Waals surface area contributed by atoms with Crippen LogP contribution in [0, 0.1) is 0 Å². The minimum Gasteiger partial charge on any atom is -0.506 e. The molecule has 0 radical (unpaired) electrons. The van der Waals surface area contributed by atoms with Crippen molar-refractivity contribution < 1.29 is 5.11 Å². The quantitative estimate of drug-likeness (QED) is 0.575. The highest BCUT2D eigenvalue weighted by Gasteiger charge is 2.17. The summed E-state index contributed by atoms with van der Waals surface area (Å²) in [6.07, 6.45) is 1.77. The number of pyridine rings is 1. The molecular formula is C16H11ClN4OS. The molecule has 4 rings (SSSR count). The second-order valence-corrected chi connectivity index (χ2v) is 6.26. The first-order valence-corrected chi connectivity index (χ1v) is 8.04. The van der Waals surface area contributed by atoms with Gasteiger partial charge in [-0.05, 0) is 42.3 Å². The summed E-state index contributed by atoms with van der Waals surface area (Å²) < 4.78 is 3.10. The topological polar surface area (TPSA) is 69.5 Å². The number of halogens is 1. The summed E-state index contributed by atoms with van der Waals surface area (Å²) in [5, 5.41) is 14.7. The Bertz CT molecular complexity index is 945. The van der Waals surface area contributed by atoms with E-state index in [-0.39, 0.29) is 5.75 Å². The molecule has 1 aliphatic heterocycles. The van der Waals surface area contributed by atoms with Crippen molar-refractivity contribution >= 4 is 51.8 Å². The largest absolute Gasteiger partial charge is 0.506 e. The molecule has 2 aromatic carbocycles. The normalized spacial score (nSPS) is 13.2. The number of rotatable bonds is 1. The number of phenolic OH excluding ortho intramolecular Hbond substituents is 1. The molecule has 0 bridgehead atoms. The van der Waals surface area contributed by atoms with Gasteiger partial charge >= 0.3 is 0 Å². The van der Waals surface area contributed by atoms with Crippen molar-refractivity contribution in [3.8, 4) is 5.75 Å². The second kappa shape index (κ2) is 5.64. The maximum Gasteiger partial charge on any atom is 0.211 e. The average molecular weight is 343 g/mol. The van der Waals surface area contributed by atoms with E-state index < -0.39 is 0 Å². The molecule has 0 atom stereocenters. The van der Waals surface area contributed by atoms with E-state index in [1.54, 1.807) is 12.3 Å². The molecule has 114 valence electrons. The van der Waals surface area contributed by atoms with Crippen LogP contribution in [0.3, 0.4) is 0 Å². The van der Waals surface area contributed by atoms with E-state index in [4.69, 9.17) is 11.6 Å². The van der Waals surface area contributed by atoms with Crippen molar-refractivity contribution in [3.05, 3.63) is 53.7 Å². The highest BCUT2D eigenvalue weighted by Crippen LogP contribution is 2.41. The van der Waals surface area contributed by atoms with E-state index in [0.717, 1.165) is 21.5 Å². The lowest BCUT2D eigenvalue weighted by Crippen LogP contribution is -2.26. The molecule has 0 fully saturated rings. The zero-order valence-corrected chi connectivity index (χ0v) is 13.3. The van der Waals surface area contributed by atoms with Gasteiger partial charge in [-0.1, -0.05) is 17.7 Å². The van der Waals surface area contributed by atoms with E-state index in [9.17, 15) is 5.11 Å². The van der Waals surface area contributed by atoms with Crippen LogP contribution < -0.4 is 10.0 Å². The van der Waals surface area contributed by atoms with E-state index >= 15 is 0 Å². The Morgan fingerprint density at radius 1 is 1.17 bits per heavy atom. The van der Waals surface area contributed by atoms with Gasteiger partial charge in [-0.25, -0.2) is 4.99 Å². The third-order valence-electron chi connectivity index (χ3n) is 3.37. The minimum absolute atomic E-state index is 0.0588. The summed E-state index contributed by atoms with van der Waals surface area (Å²) in [6, 6.07) is 13.0. The number of aromatic nitrogens is 1. The van der Waals surface area contributed by atoms with Crippen molar-refractivity contribution in [3.63, 3.8) is 0 Å². The predicted molar refractivity (Wildman–Crippen MR) is 94.6 cm³/mol. The third-order valence-corrected chi connectivity index (χ3v) is 4.41. The van der Waals surface area contributed by atoms with Gasteiger partial charge in [-0.15, -0.1) is 0 Å². The fourth-order valence-corrected chi connectivity index (χ4v) is 3.35. The lowest BCUT2D eigenvalue weighted by molar-refractivity contribution is 0.475. The molecule has 2 heterocycles. The molecule has 3 N–H and O–H groups in total. The van der Waals surface area contributed by atoms with Crippen LogP contribution in [0.15, 0.2) is 58.5 Å². The van der Waals surface area contributed by atoms with Crippen LogP contribution in [-0.2, 0) is 0 Å². The van der Waals surface area contributed by atoms with Crippen LogP contribution in [-0.4, -0.2) is 16.1 Å². The van der Waals surface area contributed by atoms with Gasteiger partial charge in [0.1, 0.15) is 11.4 Å². The van der Waals surface area contributed by atoms with Gasteiger partial charge in [0.25, 0.3) is 0 Å². The molecule has 0 saturated carbocycles. The Balaban J connectivity index is 1.66. The number of hydrogen-bond donors (Lipinski definition) is 3. The maximum atomic E-state index is 9.99. The highest BCUT2D eigenvalue weighted by molar-refractivity contribution is 7.98. The minimum atomic E-state index is 0.0588. The number of benzene rings is 2. The van der Waals surface area contributed by atoms with Crippen LogP contribution in [0.4, 0.5) is 11.4 Å². The Hall–Kier alpha value is -2.44. The van der Waals surface area contributed by atoms with E-state index in [1.807, 2.05) is 30.3 Å². The number of aromatic hydroxyl groups is 1. The summed E-state index contributed by atoms with van der Waals surface area (Å²) in [5.41, 5.74) is 2.32. The molecule has 0 aliphatic carbocycles. The zero-order valence-electron chi connectivity index (χ0n) is 11.7. The number of phenols is 1. The van der Waals surface area contributed by atoms with Crippen molar-refractivity contribution in [2.45, 2.75) is 4.90 Å². The van der Waals surface area contributed by atoms with Gasteiger partial charge in [-0.3, -0.25) is 9.71 Å². The van der Waals surface area contributed by atoms with E-state index in [0.29, 0.717) is 16.7 Å². The van der Waals surface area contributed by atoms with Crippen LogP contribution in [0.25, 0.3) is 10.9 Å². The number of nitrogens with one attached hydrogen (secondary N) is 2. The molecule has 7 heteroatoms. The zero-order chi connectivity index (χ0) is 15.8. The molecule has 1 aromatic heterocycles. The molecular weight excluding hydrogens is 332 g/mol. The van der Waals surface area contributed by atoms with Crippen molar-refractivity contribution in [1.29, 1.82) is 0 Å². The first-order valence-electron chi connectivity index (χ1n) is 6.85. The number of aliphatic imine (C=N–C) groups is 1. The number of guanidine groups is 1. The van der Waals surface area contributed by atoms with E-state index in [1.165, 1.54) is 18.0 Å². The molecule has 3 aromatic rings. The van der Waals surface area contributed by atoms with E-state index in [2.05, 4.69) is 20.0 Å². The van der Waals surface area contributed by atoms with Crippen LogP contribution >= 0.6 is 23.5 Å². The highest BCUT2D eigenvalue weighted by atomic mass is 35.5. The standard InChI is InChI=1S/C16H11ClN4OS/c17-10-7-13(22)15-14(8-10)23-21-16(20-15)19-11-3-4-12-9(6-11)2-1-5-18-12/h1-8,22H,(H2,19,20,21). The smallest absolute Gasteiger partial charge is 0.211 e. The van der Waals surface area contributed by atoms with Crippen molar-refractivity contribution in [2.24, 2.45) is 4.99 Å². The summed E-state index contributed by atoms with van der Waals surface area (Å²) in [5.74, 6) is 0.604. The Kier molecular flexibility index (Phi) is 3.48. The maximum absolute atomic E-state index is 9.99. The van der Waals surface area contributed by atoms with Gasteiger partial charge in [0.15, 0.2) is 0 Å². The Morgan fingerprint density at radius 3 is 3.00 bits per heavy atom. The molecule has 0 saturated heterocycles. The summed E-state index contributed by atoms with van der Waals surface area (Å²) >= 11 is 7.28. The predicted octanol–water partition coefficient (Wildman–Crippen LogP) is 4.30. The van der Waals surface area contributed by atoms with Crippen LogP contribution in [0.1, 0.15) is 0 Å². The summed E-state index contributed by atoms with van der Waals surface area (Å²) in [4.78, 5) is 9.49. The fourth-order valence-electron chi connectivity index (χ4n) is 2.33. The number of hydrogen-bond acceptors (Lipinski definition) is 6. The van der Waals surface area contributed by atoms with Gasteiger partial charge in [0, 0.05) is 28.4 Å². The van der Waals surface area contributed by atoms with Crippen LogP contribution in [0.5, 0.6) is 5.75 Å². The first kappa shape index (κ1) is 14.2. The number of anilines is 1. The monoisotopic (exact) mass is 342 g/mol. The molecule has 0 spiro atoms. The van der Waals surface area contributed by atoms with Gasteiger partial charge in [0.2, 0.25) is 5.96 Å².